The van der Waals surface area contributed by atoms with Crippen molar-refractivity contribution in [3.8, 4) is 0 Å². The van der Waals surface area contributed by atoms with E-state index in [1.807, 2.05) is 72.8 Å². The van der Waals surface area contributed by atoms with Crippen LogP contribution in [0.5, 0.6) is 0 Å². The van der Waals surface area contributed by atoms with Crippen LogP contribution in [-0.4, -0.2) is 42.1 Å². The van der Waals surface area contributed by atoms with Gasteiger partial charge in [-0.05, 0) is 60.9 Å². The second-order valence-electron chi connectivity index (χ2n) is 10.9. The molecule has 0 spiro atoms. The summed E-state index contributed by atoms with van der Waals surface area (Å²) >= 11 is 0. The third-order valence-corrected chi connectivity index (χ3v) is 7.60. The van der Waals surface area contributed by atoms with Gasteiger partial charge in [0.1, 0.15) is 11.9 Å². The molecule has 226 valence electrons. The van der Waals surface area contributed by atoms with Crippen molar-refractivity contribution >= 4 is 17.8 Å². The van der Waals surface area contributed by atoms with Crippen LogP contribution in [-0.2, 0) is 32.0 Å². The zero-order valence-corrected chi connectivity index (χ0v) is 24.2. The van der Waals surface area contributed by atoms with Gasteiger partial charge in [-0.3, -0.25) is 14.4 Å². The van der Waals surface area contributed by atoms with Gasteiger partial charge in [0.05, 0.1) is 31.0 Å². The fraction of sp³-hybridized carbons (Fsp3) is 0.343. The number of esters is 1. The molecule has 0 aliphatic carbocycles. The first-order chi connectivity index (χ1) is 20.9. The van der Waals surface area contributed by atoms with Crippen LogP contribution in [0.15, 0.2) is 97.1 Å². The molecule has 2 amide bonds. The molecule has 0 bridgehead atoms. The van der Waals surface area contributed by atoms with Gasteiger partial charge in [-0.2, -0.15) is 0 Å². The van der Waals surface area contributed by atoms with Crippen LogP contribution in [0.4, 0.5) is 4.39 Å². The highest BCUT2D eigenvalue weighted by atomic mass is 19.1. The predicted molar refractivity (Wildman–Crippen MR) is 162 cm³/mol. The minimum atomic E-state index is -0.721. The average molecular weight is 587 g/mol. The van der Waals surface area contributed by atoms with E-state index in [2.05, 4.69) is 10.6 Å². The lowest BCUT2D eigenvalue weighted by Gasteiger charge is -2.24. The molecule has 0 saturated heterocycles. The van der Waals surface area contributed by atoms with E-state index >= 15 is 0 Å². The largest absolute Gasteiger partial charge is 0.455 e. The number of cyclic esters (lactones) is 1. The van der Waals surface area contributed by atoms with Crippen molar-refractivity contribution in [3.63, 3.8) is 0 Å². The van der Waals surface area contributed by atoms with E-state index in [4.69, 9.17) is 4.74 Å². The van der Waals surface area contributed by atoms with Gasteiger partial charge in [0.25, 0.3) is 0 Å². The normalized spacial score (nSPS) is 21.2. The van der Waals surface area contributed by atoms with Crippen LogP contribution in [0.1, 0.15) is 48.5 Å². The van der Waals surface area contributed by atoms with Crippen molar-refractivity contribution in [1.29, 1.82) is 0 Å². The van der Waals surface area contributed by atoms with E-state index in [1.54, 1.807) is 12.1 Å². The molecule has 3 aromatic carbocycles. The molecular formula is C35H39FN2O5. The lowest BCUT2D eigenvalue weighted by atomic mass is 9.94. The first kappa shape index (κ1) is 31.6. The van der Waals surface area contributed by atoms with Crippen molar-refractivity contribution in [1.82, 2.24) is 10.6 Å². The molecular weight excluding hydrogens is 547 g/mol. The SMILES string of the molecule is O=C(C[C@H]1C/C=C\CC[C@H](Cc2ccc(F)cc2)C(=O)O[C@@H](c2ccccc2)CNC1=O)N[C@H](CO)Cc1ccccc1. The Bertz CT molecular complexity index is 1350. The fourth-order valence-corrected chi connectivity index (χ4v) is 5.21. The molecule has 0 aromatic heterocycles. The van der Waals surface area contributed by atoms with Gasteiger partial charge in [-0.1, -0.05) is 84.9 Å². The van der Waals surface area contributed by atoms with Gasteiger partial charge in [0, 0.05) is 6.42 Å². The number of aliphatic hydroxyl groups excluding tert-OH is 1. The first-order valence-electron chi connectivity index (χ1n) is 14.8. The van der Waals surface area contributed by atoms with Gasteiger partial charge >= 0.3 is 5.97 Å². The summed E-state index contributed by atoms with van der Waals surface area (Å²) < 4.78 is 19.4. The van der Waals surface area contributed by atoms with Gasteiger partial charge in [-0.15, -0.1) is 0 Å². The van der Waals surface area contributed by atoms with Crippen molar-refractivity contribution in [2.24, 2.45) is 11.8 Å². The number of hydrogen-bond donors (Lipinski definition) is 3. The first-order valence-corrected chi connectivity index (χ1v) is 14.8. The van der Waals surface area contributed by atoms with Crippen LogP contribution in [0.3, 0.4) is 0 Å². The molecule has 1 aliphatic rings. The molecule has 4 rings (SSSR count). The van der Waals surface area contributed by atoms with E-state index in [1.165, 1.54) is 12.1 Å². The Balaban J connectivity index is 1.47. The molecule has 7 nitrogen and oxygen atoms in total. The summed E-state index contributed by atoms with van der Waals surface area (Å²) in [6.45, 7) is -0.173. The zero-order valence-electron chi connectivity index (χ0n) is 24.2. The second-order valence-corrected chi connectivity index (χ2v) is 10.9. The quantitative estimate of drug-likeness (QED) is 0.246. The van der Waals surface area contributed by atoms with Gasteiger partial charge in [-0.25, -0.2) is 4.39 Å². The standard InChI is InChI=1S/C35H39FN2O5/c36-30-18-16-26(17-19-30)20-29-15-9-3-8-14-28(22-33(40)38-31(24-39)21-25-10-4-1-5-11-25)34(41)37-23-32(43-35(29)42)27-12-6-2-7-13-27/h1-8,10-13,16-19,28-29,31-32,39H,9,14-15,20-24H2,(H,37,41)(H,38,40)/b8-3-/t28-,29-,31+,32-/m1/s1. The fourth-order valence-electron chi connectivity index (χ4n) is 5.21. The molecule has 0 fully saturated rings. The molecule has 3 N–H and O–H groups in total. The minimum Gasteiger partial charge on any atom is -0.455 e. The Kier molecular flexibility index (Phi) is 12.0. The van der Waals surface area contributed by atoms with Crippen molar-refractivity contribution in [2.45, 2.75) is 50.7 Å². The third-order valence-electron chi connectivity index (χ3n) is 7.60. The maximum Gasteiger partial charge on any atom is 0.309 e. The number of carbonyl (C=O) groups is 3. The minimum absolute atomic E-state index is 0.0486. The number of hydrogen-bond acceptors (Lipinski definition) is 5. The van der Waals surface area contributed by atoms with Crippen LogP contribution < -0.4 is 10.6 Å². The molecule has 8 heteroatoms. The van der Waals surface area contributed by atoms with E-state index in [0.717, 1.165) is 16.7 Å². The highest BCUT2D eigenvalue weighted by molar-refractivity contribution is 5.86. The molecule has 0 unspecified atom stereocenters. The number of carbonyl (C=O) groups excluding carboxylic acids is 3. The lowest BCUT2D eigenvalue weighted by Crippen LogP contribution is -2.42. The Hall–Kier alpha value is -4.30. The molecule has 0 radical (unpaired) electrons. The molecule has 1 heterocycles. The number of amides is 2. The van der Waals surface area contributed by atoms with E-state index in [-0.39, 0.29) is 43.2 Å². The summed E-state index contributed by atoms with van der Waals surface area (Å²) in [5.74, 6) is -2.46. The monoisotopic (exact) mass is 586 g/mol. The van der Waals surface area contributed by atoms with Gasteiger partial charge < -0.3 is 20.5 Å². The van der Waals surface area contributed by atoms with E-state index in [9.17, 15) is 23.9 Å². The van der Waals surface area contributed by atoms with Crippen LogP contribution in [0.25, 0.3) is 0 Å². The van der Waals surface area contributed by atoms with Crippen LogP contribution in [0.2, 0.25) is 0 Å². The Labute approximate surface area is 252 Å². The summed E-state index contributed by atoms with van der Waals surface area (Å²) in [6, 6.07) is 24.4. The van der Waals surface area contributed by atoms with Crippen molar-refractivity contribution < 1.29 is 28.6 Å². The number of rotatable bonds is 9. The summed E-state index contributed by atoms with van der Waals surface area (Å²) in [5, 5.41) is 15.6. The average Bonchev–Trinajstić information content (AvgIpc) is 3.03. The van der Waals surface area contributed by atoms with Crippen LogP contribution >= 0.6 is 0 Å². The summed E-state index contributed by atoms with van der Waals surface area (Å²) in [4.78, 5) is 39.8. The second kappa shape index (κ2) is 16.4. The van der Waals surface area contributed by atoms with Crippen LogP contribution in [0, 0.1) is 17.7 Å². The topological polar surface area (TPSA) is 105 Å². The zero-order chi connectivity index (χ0) is 30.4. The summed E-state index contributed by atoms with van der Waals surface area (Å²) in [5.41, 5.74) is 2.57. The summed E-state index contributed by atoms with van der Waals surface area (Å²) in [6.07, 6.45) is 5.32. The molecule has 4 atom stereocenters. The number of ether oxygens (including phenoxy) is 1. The maximum atomic E-state index is 13.5. The number of aliphatic hydroxyl groups is 1. The Morgan fingerprint density at radius 2 is 1.63 bits per heavy atom. The molecule has 3 aromatic rings. The predicted octanol–water partition coefficient (Wildman–Crippen LogP) is 4.85. The highest BCUT2D eigenvalue weighted by Crippen LogP contribution is 2.24. The van der Waals surface area contributed by atoms with E-state index < -0.39 is 24.0 Å². The third kappa shape index (κ3) is 10.2. The smallest absolute Gasteiger partial charge is 0.309 e. The number of benzene rings is 3. The maximum absolute atomic E-state index is 13.5. The molecule has 43 heavy (non-hydrogen) atoms. The molecule has 1 aliphatic heterocycles. The number of allylic oxidation sites excluding steroid dienone is 2. The number of nitrogens with one attached hydrogen (secondary N) is 2. The van der Waals surface area contributed by atoms with Crippen molar-refractivity contribution in [3.05, 3.63) is 120 Å². The Morgan fingerprint density at radius 3 is 2.33 bits per heavy atom. The molecule has 0 saturated carbocycles. The van der Waals surface area contributed by atoms with Crippen molar-refractivity contribution in [2.75, 3.05) is 13.2 Å². The van der Waals surface area contributed by atoms with E-state index in [0.29, 0.717) is 32.1 Å². The lowest BCUT2D eigenvalue weighted by molar-refractivity contribution is -0.155. The van der Waals surface area contributed by atoms with Gasteiger partial charge in [0.15, 0.2) is 0 Å². The Morgan fingerprint density at radius 1 is 0.930 bits per heavy atom. The number of halogens is 1. The highest BCUT2D eigenvalue weighted by Gasteiger charge is 2.28. The summed E-state index contributed by atoms with van der Waals surface area (Å²) in [7, 11) is 0. The van der Waals surface area contributed by atoms with Gasteiger partial charge in [0.2, 0.25) is 11.8 Å².